The number of benzene rings is 1. The zero-order valence-electron chi connectivity index (χ0n) is 10.4. The first kappa shape index (κ1) is 12.7. The summed E-state index contributed by atoms with van der Waals surface area (Å²) < 4.78 is 0. The largest absolute Gasteiger partial charge is 0.344 e. The molecule has 3 N–H and O–H groups in total. The van der Waals surface area contributed by atoms with Crippen molar-refractivity contribution in [2.75, 3.05) is 0 Å². The lowest BCUT2D eigenvalue weighted by molar-refractivity contribution is 1.00. The summed E-state index contributed by atoms with van der Waals surface area (Å²) in [4.78, 5) is 4.66. The molecule has 0 radical (unpaired) electrons. The molecule has 86 valence electrons. The van der Waals surface area contributed by atoms with E-state index in [2.05, 4.69) is 50.0 Å². The van der Waals surface area contributed by atoms with E-state index in [1.54, 1.807) is 0 Å². The lowest BCUT2D eigenvalue weighted by atomic mass is 9.97. The summed E-state index contributed by atoms with van der Waals surface area (Å²) in [6.45, 7) is 6.54. The lowest BCUT2D eigenvalue weighted by Crippen LogP contribution is -1.99. The van der Waals surface area contributed by atoms with Gasteiger partial charge in [-0.1, -0.05) is 32.0 Å². The molecule has 0 fully saturated rings. The molecule has 0 atom stereocenters. The molecule has 0 unspecified atom stereocenters. The fraction of sp³-hybridized carbons (Fsp3) is 0.357. The number of aryl methyl sites for hydroxylation is 2. The van der Waals surface area contributed by atoms with Crippen molar-refractivity contribution in [2.45, 2.75) is 33.6 Å². The number of hydrogen-bond donors (Lipinski definition) is 1. The Morgan fingerprint density at radius 1 is 1.00 bits per heavy atom. The van der Waals surface area contributed by atoms with Crippen molar-refractivity contribution in [1.29, 1.82) is 0 Å². The van der Waals surface area contributed by atoms with Crippen LogP contribution in [0.2, 0.25) is 0 Å². The first-order valence-corrected chi connectivity index (χ1v) is 5.65. The van der Waals surface area contributed by atoms with Crippen LogP contribution in [0.25, 0.3) is 10.9 Å². The summed E-state index contributed by atoms with van der Waals surface area (Å²) in [6, 6.07) is 8.43. The molecule has 0 amide bonds. The summed E-state index contributed by atoms with van der Waals surface area (Å²) in [6.07, 6.45) is 2.17. The van der Waals surface area contributed by atoms with Gasteiger partial charge in [-0.05, 0) is 37.0 Å². The van der Waals surface area contributed by atoms with E-state index < -0.39 is 0 Å². The average Bonchev–Trinajstić information content (AvgIpc) is 2.27. The zero-order valence-corrected chi connectivity index (χ0v) is 10.4. The quantitative estimate of drug-likeness (QED) is 0.829. The minimum absolute atomic E-state index is 0. The first-order chi connectivity index (χ1) is 7.27. The molecular formula is C14H20N2. The van der Waals surface area contributed by atoms with Crippen LogP contribution in [0.15, 0.2) is 24.3 Å². The van der Waals surface area contributed by atoms with E-state index in [1.807, 2.05) is 0 Å². The molecule has 2 heteroatoms. The maximum absolute atomic E-state index is 4.66. The van der Waals surface area contributed by atoms with Gasteiger partial charge in [-0.15, -0.1) is 0 Å². The molecule has 0 bridgehead atoms. The van der Waals surface area contributed by atoms with Crippen molar-refractivity contribution in [3.63, 3.8) is 0 Å². The number of fused-ring (bicyclic) bond motifs is 1. The normalized spacial score (nSPS) is 10.2. The van der Waals surface area contributed by atoms with Crippen molar-refractivity contribution in [2.24, 2.45) is 0 Å². The molecule has 0 aliphatic rings. The smallest absolute Gasteiger partial charge is 0.0708 e. The maximum Gasteiger partial charge on any atom is 0.0708 e. The Balaban J connectivity index is 0.00000128. The van der Waals surface area contributed by atoms with Gasteiger partial charge >= 0.3 is 0 Å². The Morgan fingerprint density at radius 3 is 2.25 bits per heavy atom. The number of rotatable bonds is 2. The summed E-state index contributed by atoms with van der Waals surface area (Å²) in [7, 11) is 0. The van der Waals surface area contributed by atoms with E-state index >= 15 is 0 Å². The van der Waals surface area contributed by atoms with Crippen LogP contribution in [0.1, 0.15) is 30.7 Å². The Bertz CT molecular complexity index is 489. The summed E-state index contributed by atoms with van der Waals surface area (Å²) in [5.74, 6) is 0. The molecule has 0 saturated heterocycles. The van der Waals surface area contributed by atoms with Crippen LogP contribution in [0, 0.1) is 6.92 Å². The van der Waals surface area contributed by atoms with Crippen LogP contribution < -0.4 is 6.15 Å². The summed E-state index contributed by atoms with van der Waals surface area (Å²) >= 11 is 0. The van der Waals surface area contributed by atoms with Gasteiger partial charge in [0.1, 0.15) is 0 Å². The highest BCUT2D eigenvalue weighted by Gasteiger charge is 2.08. The Hall–Kier alpha value is -1.41. The van der Waals surface area contributed by atoms with Gasteiger partial charge in [-0.3, -0.25) is 4.98 Å². The van der Waals surface area contributed by atoms with E-state index in [4.69, 9.17) is 0 Å². The Labute approximate surface area is 97.3 Å². The van der Waals surface area contributed by atoms with Gasteiger partial charge in [0.05, 0.1) is 5.52 Å². The van der Waals surface area contributed by atoms with E-state index in [0.717, 1.165) is 18.4 Å². The van der Waals surface area contributed by atoms with Crippen molar-refractivity contribution in [1.82, 2.24) is 11.1 Å². The van der Waals surface area contributed by atoms with Gasteiger partial charge in [0, 0.05) is 11.1 Å². The van der Waals surface area contributed by atoms with E-state index in [1.165, 1.54) is 22.2 Å². The number of pyridine rings is 1. The van der Waals surface area contributed by atoms with Gasteiger partial charge in [0.2, 0.25) is 0 Å². The average molecular weight is 216 g/mol. The SMILES string of the molecule is CCc1c(C)nc2ccccc2c1CC.N. The summed E-state index contributed by atoms with van der Waals surface area (Å²) in [5, 5.41) is 1.32. The van der Waals surface area contributed by atoms with Crippen LogP contribution >= 0.6 is 0 Å². The van der Waals surface area contributed by atoms with Crippen LogP contribution in [0.5, 0.6) is 0 Å². The lowest BCUT2D eigenvalue weighted by Gasteiger charge is -2.12. The predicted molar refractivity (Wildman–Crippen MR) is 70.3 cm³/mol. The number of para-hydroxylation sites is 1. The third-order valence-electron chi connectivity index (χ3n) is 3.03. The van der Waals surface area contributed by atoms with Crippen LogP contribution in [0.3, 0.4) is 0 Å². The van der Waals surface area contributed by atoms with Gasteiger partial charge in [0.25, 0.3) is 0 Å². The topological polar surface area (TPSA) is 47.9 Å². The second-order valence-corrected chi connectivity index (χ2v) is 3.88. The van der Waals surface area contributed by atoms with E-state index in [-0.39, 0.29) is 6.15 Å². The van der Waals surface area contributed by atoms with Crippen molar-refractivity contribution in [3.8, 4) is 0 Å². The molecule has 16 heavy (non-hydrogen) atoms. The third kappa shape index (κ3) is 1.93. The number of nitrogens with zero attached hydrogens (tertiary/aromatic N) is 1. The van der Waals surface area contributed by atoms with Crippen molar-refractivity contribution in [3.05, 3.63) is 41.1 Å². The first-order valence-electron chi connectivity index (χ1n) is 5.65. The Morgan fingerprint density at radius 2 is 1.62 bits per heavy atom. The van der Waals surface area contributed by atoms with Crippen molar-refractivity contribution < 1.29 is 0 Å². The fourth-order valence-corrected chi connectivity index (χ4v) is 2.33. The van der Waals surface area contributed by atoms with Gasteiger partial charge in [0.15, 0.2) is 0 Å². The predicted octanol–water partition coefficient (Wildman–Crippen LogP) is 3.83. The second-order valence-electron chi connectivity index (χ2n) is 3.88. The number of hydrogen-bond acceptors (Lipinski definition) is 2. The molecule has 0 aliphatic carbocycles. The van der Waals surface area contributed by atoms with E-state index in [9.17, 15) is 0 Å². The molecule has 0 spiro atoms. The van der Waals surface area contributed by atoms with Gasteiger partial charge in [-0.25, -0.2) is 0 Å². The van der Waals surface area contributed by atoms with Crippen LogP contribution in [0.4, 0.5) is 0 Å². The van der Waals surface area contributed by atoms with E-state index in [0.29, 0.717) is 0 Å². The molecule has 2 aromatic rings. The zero-order chi connectivity index (χ0) is 10.8. The number of aromatic nitrogens is 1. The molecule has 1 aromatic heterocycles. The second kappa shape index (κ2) is 5.08. The van der Waals surface area contributed by atoms with Crippen molar-refractivity contribution >= 4 is 10.9 Å². The highest BCUT2D eigenvalue weighted by Crippen LogP contribution is 2.24. The third-order valence-corrected chi connectivity index (χ3v) is 3.03. The van der Waals surface area contributed by atoms with Gasteiger partial charge < -0.3 is 6.15 Å². The fourth-order valence-electron chi connectivity index (χ4n) is 2.33. The minimum atomic E-state index is 0. The molecule has 2 rings (SSSR count). The molecular weight excluding hydrogens is 196 g/mol. The summed E-state index contributed by atoms with van der Waals surface area (Å²) in [5.41, 5.74) is 5.22. The highest BCUT2D eigenvalue weighted by molar-refractivity contribution is 5.83. The van der Waals surface area contributed by atoms with Crippen LogP contribution in [-0.4, -0.2) is 4.98 Å². The molecule has 0 saturated carbocycles. The molecule has 1 aromatic carbocycles. The highest BCUT2D eigenvalue weighted by atomic mass is 14.7. The minimum Gasteiger partial charge on any atom is -0.344 e. The monoisotopic (exact) mass is 216 g/mol. The molecule has 0 aliphatic heterocycles. The standard InChI is InChI=1S/C14H17N.H3N/c1-4-11-10(3)15-14-9-7-6-8-13(14)12(11)5-2;/h6-9H,4-5H2,1-3H3;1H3. The van der Waals surface area contributed by atoms with Gasteiger partial charge in [-0.2, -0.15) is 0 Å². The Kier molecular flexibility index (Phi) is 4.02. The molecule has 1 heterocycles. The van der Waals surface area contributed by atoms with Crippen LogP contribution in [-0.2, 0) is 12.8 Å². The molecule has 2 nitrogen and oxygen atoms in total. The maximum atomic E-state index is 4.66.